The summed E-state index contributed by atoms with van der Waals surface area (Å²) in [6.07, 6.45) is 2.41. The fourth-order valence-corrected chi connectivity index (χ4v) is 2.42. The van der Waals surface area contributed by atoms with E-state index in [1.165, 1.54) is 0 Å². The van der Waals surface area contributed by atoms with Crippen LogP contribution in [-0.2, 0) is 4.79 Å². The Morgan fingerprint density at radius 2 is 1.95 bits per heavy atom. The molecule has 0 aliphatic carbocycles. The van der Waals surface area contributed by atoms with Crippen LogP contribution in [0.3, 0.4) is 0 Å². The number of aromatic nitrogens is 1. The second-order valence-electron chi connectivity index (χ2n) is 6.93. The summed E-state index contributed by atoms with van der Waals surface area (Å²) in [6.45, 7) is 10.1. The molecule has 0 radical (unpaired) electrons. The van der Waals surface area contributed by atoms with E-state index in [9.17, 15) is 9.59 Å². The number of carbonyl (C=O) groups is 2. The lowest BCUT2D eigenvalue weighted by molar-refractivity contribution is -0.137. The van der Waals surface area contributed by atoms with E-state index in [-0.39, 0.29) is 29.8 Å². The molecule has 5 heteroatoms. The van der Waals surface area contributed by atoms with Crippen molar-refractivity contribution in [1.29, 1.82) is 0 Å². The molecule has 0 bridgehead atoms. The van der Waals surface area contributed by atoms with Gasteiger partial charge in [0, 0.05) is 18.3 Å². The van der Waals surface area contributed by atoms with E-state index in [1.807, 2.05) is 51.4 Å². The first-order chi connectivity index (χ1) is 9.60. The highest BCUT2D eigenvalue weighted by Gasteiger charge is 2.24. The Labute approximate surface area is 126 Å². The highest BCUT2D eigenvalue weighted by atomic mass is 16.4. The molecule has 0 aliphatic rings. The topological polar surface area (TPSA) is 71.3 Å². The van der Waals surface area contributed by atoms with E-state index in [2.05, 4.69) is 5.32 Å². The Kier molecular flexibility index (Phi) is 5.58. The van der Waals surface area contributed by atoms with Crippen molar-refractivity contribution in [3.05, 3.63) is 24.0 Å². The Balaban J connectivity index is 2.84. The van der Waals surface area contributed by atoms with Crippen molar-refractivity contribution in [1.82, 2.24) is 9.88 Å². The molecule has 1 aromatic heterocycles. The van der Waals surface area contributed by atoms with Crippen molar-refractivity contribution in [3.8, 4) is 0 Å². The third-order valence-electron chi connectivity index (χ3n) is 3.18. The molecular formula is C16H26N2O3. The summed E-state index contributed by atoms with van der Waals surface area (Å²) in [7, 11) is 0. The van der Waals surface area contributed by atoms with Gasteiger partial charge in [0.05, 0.1) is 6.42 Å². The number of rotatable bonds is 6. The van der Waals surface area contributed by atoms with Crippen molar-refractivity contribution >= 4 is 11.9 Å². The van der Waals surface area contributed by atoms with Gasteiger partial charge >= 0.3 is 5.97 Å². The van der Waals surface area contributed by atoms with Crippen LogP contribution in [0.25, 0.3) is 0 Å². The summed E-state index contributed by atoms with van der Waals surface area (Å²) in [5, 5.41) is 11.9. The first-order valence-electron chi connectivity index (χ1n) is 7.29. The van der Waals surface area contributed by atoms with Crippen LogP contribution in [0.4, 0.5) is 0 Å². The van der Waals surface area contributed by atoms with Crippen molar-refractivity contribution in [2.75, 3.05) is 0 Å². The maximum atomic E-state index is 12.4. The molecule has 1 atom stereocenters. The van der Waals surface area contributed by atoms with Crippen molar-refractivity contribution in [2.24, 2.45) is 5.41 Å². The Hall–Kier alpha value is -1.78. The molecule has 5 nitrogen and oxygen atoms in total. The SMILES string of the molecule is CC(C)n1cccc1C(=O)NC(CC(=O)O)CC(C)(C)C. The Morgan fingerprint density at radius 1 is 1.33 bits per heavy atom. The zero-order valence-electron chi connectivity index (χ0n) is 13.5. The molecule has 2 N–H and O–H groups in total. The predicted molar refractivity (Wildman–Crippen MR) is 82.4 cm³/mol. The van der Waals surface area contributed by atoms with Crippen LogP contribution in [0.5, 0.6) is 0 Å². The maximum Gasteiger partial charge on any atom is 0.305 e. The van der Waals surface area contributed by atoms with Crippen LogP contribution in [0.15, 0.2) is 18.3 Å². The molecule has 0 saturated heterocycles. The minimum atomic E-state index is -0.899. The van der Waals surface area contributed by atoms with Gasteiger partial charge < -0.3 is 15.0 Å². The summed E-state index contributed by atoms with van der Waals surface area (Å²) in [4.78, 5) is 23.4. The number of nitrogens with one attached hydrogen (secondary N) is 1. The van der Waals surface area contributed by atoms with Gasteiger partial charge in [-0.1, -0.05) is 20.8 Å². The highest BCUT2D eigenvalue weighted by Crippen LogP contribution is 2.22. The number of carbonyl (C=O) groups excluding carboxylic acids is 1. The molecule has 1 amide bonds. The van der Waals surface area contributed by atoms with Gasteiger partial charge in [0.1, 0.15) is 5.69 Å². The fourth-order valence-electron chi connectivity index (χ4n) is 2.42. The lowest BCUT2D eigenvalue weighted by Gasteiger charge is -2.26. The molecule has 1 aromatic rings. The summed E-state index contributed by atoms with van der Waals surface area (Å²) in [5.41, 5.74) is 0.516. The second-order valence-corrected chi connectivity index (χ2v) is 6.93. The Morgan fingerprint density at radius 3 is 2.43 bits per heavy atom. The number of nitrogens with zero attached hydrogens (tertiary/aromatic N) is 1. The Bertz CT molecular complexity index is 498. The maximum absolute atomic E-state index is 12.4. The average Bonchev–Trinajstić information content (AvgIpc) is 2.73. The summed E-state index contributed by atoms with van der Waals surface area (Å²) in [6, 6.07) is 3.39. The molecule has 1 heterocycles. The van der Waals surface area contributed by atoms with Gasteiger partial charge in [-0.2, -0.15) is 0 Å². The third-order valence-corrected chi connectivity index (χ3v) is 3.18. The van der Waals surface area contributed by atoms with Crippen LogP contribution in [0, 0.1) is 5.41 Å². The normalized spacial score (nSPS) is 13.2. The van der Waals surface area contributed by atoms with Gasteiger partial charge in [0.25, 0.3) is 5.91 Å². The van der Waals surface area contributed by atoms with Gasteiger partial charge in [-0.3, -0.25) is 9.59 Å². The molecule has 0 aromatic carbocycles. The van der Waals surface area contributed by atoms with Crippen LogP contribution < -0.4 is 5.32 Å². The van der Waals surface area contributed by atoms with E-state index in [0.29, 0.717) is 12.1 Å². The van der Waals surface area contributed by atoms with Crippen LogP contribution in [0.2, 0.25) is 0 Å². The number of carboxylic acid groups (broad SMARTS) is 1. The number of hydrogen-bond donors (Lipinski definition) is 2. The van der Waals surface area contributed by atoms with Crippen LogP contribution in [-0.4, -0.2) is 27.6 Å². The van der Waals surface area contributed by atoms with Crippen molar-refractivity contribution in [3.63, 3.8) is 0 Å². The average molecular weight is 294 g/mol. The van der Waals surface area contributed by atoms with E-state index < -0.39 is 5.97 Å². The molecule has 1 unspecified atom stereocenters. The summed E-state index contributed by atoms with van der Waals surface area (Å²) < 4.78 is 1.88. The third kappa shape index (κ3) is 5.61. The molecule has 0 spiro atoms. The minimum Gasteiger partial charge on any atom is -0.481 e. The van der Waals surface area contributed by atoms with Crippen molar-refractivity contribution in [2.45, 2.75) is 59.5 Å². The quantitative estimate of drug-likeness (QED) is 0.847. The largest absolute Gasteiger partial charge is 0.481 e. The first kappa shape index (κ1) is 17.3. The van der Waals surface area contributed by atoms with Crippen LogP contribution >= 0.6 is 0 Å². The van der Waals surface area contributed by atoms with E-state index in [4.69, 9.17) is 5.11 Å². The molecule has 0 saturated carbocycles. The smallest absolute Gasteiger partial charge is 0.305 e. The van der Waals surface area contributed by atoms with Gasteiger partial charge in [-0.15, -0.1) is 0 Å². The highest BCUT2D eigenvalue weighted by molar-refractivity contribution is 5.93. The van der Waals surface area contributed by atoms with Gasteiger partial charge in [-0.05, 0) is 37.8 Å². The molecule has 1 rings (SSSR count). The van der Waals surface area contributed by atoms with Gasteiger partial charge in [0.2, 0.25) is 0 Å². The monoisotopic (exact) mass is 294 g/mol. The molecule has 0 fully saturated rings. The van der Waals surface area contributed by atoms with E-state index >= 15 is 0 Å². The molecule has 0 aliphatic heterocycles. The zero-order chi connectivity index (χ0) is 16.2. The molecule has 21 heavy (non-hydrogen) atoms. The molecule has 118 valence electrons. The standard InChI is InChI=1S/C16H26N2O3/c1-11(2)18-8-6-7-13(18)15(21)17-12(9-14(19)20)10-16(3,4)5/h6-8,11-12H,9-10H2,1-5H3,(H,17,21)(H,19,20). The van der Waals surface area contributed by atoms with Crippen molar-refractivity contribution < 1.29 is 14.7 Å². The van der Waals surface area contributed by atoms with Crippen LogP contribution in [0.1, 0.15) is 64.0 Å². The van der Waals surface area contributed by atoms with Gasteiger partial charge in [-0.25, -0.2) is 0 Å². The summed E-state index contributed by atoms with van der Waals surface area (Å²) in [5.74, 6) is -1.12. The number of hydrogen-bond acceptors (Lipinski definition) is 2. The van der Waals surface area contributed by atoms with E-state index in [1.54, 1.807) is 6.07 Å². The number of aliphatic carboxylic acids is 1. The number of amides is 1. The lowest BCUT2D eigenvalue weighted by Crippen LogP contribution is -2.39. The van der Waals surface area contributed by atoms with Gasteiger partial charge in [0.15, 0.2) is 0 Å². The minimum absolute atomic E-state index is 0.0482. The first-order valence-corrected chi connectivity index (χ1v) is 7.29. The number of carboxylic acids is 1. The van der Waals surface area contributed by atoms with E-state index in [0.717, 1.165) is 0 Å². The zero-order valence-corrected chi connectivity index (χ0v) is 13.5. The lowest BCUT2D eigenvalue weighted by atomic mass is 9.87. The summed E-state index contributed by atoms with van der Waals surface area (Å²) >= 11 is 0. The molecular weight excluding hydrogens is 268 g/mol. The second kappa shape index (κ2) is 6.78. The predicted octanol–water partition coefficient (Wildman–Crippen LogP) is 3.08. The fraction of sp³-hybridized carbons (Fsp3) is 0.625.